The Hall–Kier alpha value is -1.95. The van der Waals surface area contributed by atoms with Gasteiger partial charge in [-0.15, -0.1) is 0 Å². The fraction of sp³-hybridized carbons (Fsp3) is 0.286. The summed E-state index contributed by atoms with van der Waals surface area (Å²) in [7, 11) is 1.71. The molecule has 0 radical (unpaired) electrons. The average Bonchev–Trinajstić information content (AvgIpc) is 2.65. The minimum absolute atomic E-state index is 0.0101. The van der Waals surface area contributed by atoms with Crippen LogP contribution in [0.2, 0.25) is 5.02 Å². The molecule has 0 saturated carbocycles. The third-order valence-corrected chi connectivity index (χ3v) is 3.48. The second-order valence-corrected chi connectivity index (χ2v) is 4.85. The predicted molar refractivity (Wildman–Crippen MR) is 74.1 cm³/mol. The van der Waals surface area contributed by atoms with Crippen LogP contribution in [0.4, 0.5) is 8.78 Å². The van der Waals surface area contributed by atoms with E-state index >= 15 is 0 Å². The van der Waals surface area contributed by atoms with Crippen molar-refractivity contribution in [3.63, 3.8) is 0 Å². The van der Waals surface area contributed by atoms with Gasteiger partial charge in [0.05, 0.1) is 22.8 Å². The van der Waals surface area contributed by atoms with Gasteiger partial charge >= 0.3 is 6.61 Å². The molecule has 1 heterocycles. The number of hydrogen-bond donors (Lipinski definition) is 0. The molecule has 0 bridgehead atoms. The van der Waals surface area contributed by atoms with Crippen molar-refractivity contribution >= 4 is 17.4 Å². The number of aryl methyl sites for hydroxylation is 2. The zero-order valence-electron chi connectivity index (χ0n) is 11.4. The highest BCUT2D eigenvalue weighted by atomic mass is 35.5. The first kappa shape index (κ1) is 15.4. The molecule has 0 aliphatic heterocycles. The Kier molecular flexibility index (Phi) is 4.57. The number of alkyl halides is 2. The fourth-order valence-corrected chi connectivity index (χ4v) is 2.18. The third-order valence-electron chi connectivity index (χ3n) is 2.99. The Labute approximate surface area is 125 Å². The largest absolute Gasteiger partial charge is 0.435 e. The Balaban J connectivity index is 2.13. The maximum absolute atomic E-state index is 12.2. The number of halogens is 3. The van der Waals surface area contributed by atoms with Gasteiger partial charge in [-0.2, -0.15) is 13.9 Å². The van der Waals surface area contributed by atoms with Crippen molar-refractivity contribution in [2.45, 2.75) is 20.0 Å². The van der Waals surface area contributed by atoms with E-state index in [0.29, 0.717) is 22.0 Å². The van der Waals surface area contributed by atoms with Gasteiger partial charge in [0.2, 0.25) is 0 Å². The van der Waals surface area contributed by atoms with E-state index in [9.17, 15) is 13.6 Å². The number of hydrogen-bond acceptors (Lipinski definition) is 3. The van der Waals surface area contributed by atoms with Crippen LogP contribution in [-0.4, -0.2) is 22.2 Å². The normalized spacial score (nSPS) is 11.0. The lowest BCUT2D eigenvalue weighted by molar-refractivity contribution is -0.0498. The van der Waals surface area contributed by atoms with E-state index in [1.165, 1.54) is 24.3 Å². The molecule has 112 valence electrons. The smallest absolute Gasteiger partial charge is 0.387 e. The molecule has 1 aromatic heterocycles. The van der Waals surface area contributed by atoms with E-state index in [1.54, 1.807) is 18.7 Å². The van der Waals surface area contributed by atoms with Crippen molar-refractivity contribution in [3.05, 3.63) is 46.2 Å². The molecule has 0 unspecified atom stereocenters. The first-order valence-electron chi connectivity index (χ1n) is 6.14. The summed E-state index contributed by atoms with van der Waals surface area (Å²) in [5.74, 6) is -0.167. The van der Waals surface area contributed by atoms with E-state index in [1.807, 2.05) is 0 Å². The monoisotopic (exact) mass is 314 g/mol. The Morgan fingerprint density at radius 2 is 2.00 bits per heavy atom. The van der Waals surface area contributed by atoms with Crippen LogP contribution in [0.15, 0.2) is 24.3 Å². The summed E-state index contributed by atoms with van der Waals surface area (Å²) in [5, 5.41) is 4.59. The average molecular weight is 315 g/mol. The lowest BCUT2D eigenvalue weighted by Gasteiger charge is -2.06. The van der Waals surface area contributed by atoms with Crippen LogP contribution in [0.25, 0.3) is 0 Å². The molecule has 0 aliphatic carbocycles. The second kappa shape index (κ2) is 6.22. The molecule has 2 rings (SSSR count). The summed E-state index contributed by atoms with van der Waals surface area (Å²) in [6.07, 6.45) is 0.0885. The molecule has 7 heteroatoms. The van der Waals surface area contributed by atoms with Crippen LogP contribution in [0.1, 0.15) is 21.7 Å². The lowest BCUT2D eigenvalue weighted by atomic mass is 10.1. The van der Waals surface area contributed by atoms with Crippen molar-refractivity contribution in [2.75, 3.05) is 0 Å². The molecule has 4 nitrogen and oxygen atoms in total. The molecular weight excluding hydrogens is 302 g/mol. The Morgan fingerprint density at radius 3 is 2.48 bits per heavy atom. The number of ether oxygens (including phenoxy) is 1. The maximum Gasteiger partial charge on any atom is 0.387 e. The van der Waals surface area contributed by atoms with Crippen LogP contribution in [0.3, 0.4) is 0 Å². The first-order chi connectivity index (χ1) is 9.88. The van der Waals surface area contributed by atoms with Crippen LogP contribution in [0, 0.1) is 6.92 Å². The SMILES string of the molecule is Cc1nn(C)c(CC(=O)c2ccc(OC(F)F)cc2)c1Cl. The molecule has 2 aromatic rings. The van der Waals surface area contributed by atoms with Gasteiger partial charge in [-0.3, -0.25) is 9.48 Å². The van der Waals surface area contributed by atoms with Crippen LogP contribution >= 0.6 is 11.6 Å². The van der Waals surface area contributed by atoms with Crippen molar-refractivity contribution in [2.24, 2.45) is 7.05 Å². The summed E-state index contributed by atoms with van der Waals surface area (Å²) in [6.45, 7) is -1.13. The summed E-state index contributed by atoms with van der Waals surface area (Å²) < 4.78 is 29.9. The number of rotatable bonds is 5. The molecule has 1 aromatic carbocycles. The highest BCUT2D eigenvalue weighted by Gasteiger charge is 2.16. The molecule has 0 spiro atoms. The maximum atomic E-state index is 12.2. The van der Waals surface area contributed by atoms with Gasteiger partial charge in [0.25, 0.3) is 0 Å². The number of nitrogens with zero attached hydrogens (tertiary/aromatic N) is 2. The van der Waals surface area contributed by atoms with Crippen molar-refractivity contribution in [3.8, 4) is 5.75 Å². The summed E-state index contributed by atoms with van der Waals surface area (Å²) in [6, 6.07) is 5.54. The summed E-state index contributed by atoms with van der Waals surface area (Å²) in [5.41, 5.74) is 1.67. The second-order valence-electron chi connectivity index (χ2n) is 4.47. The summed E-state index contributed by atoms with van der Waals surface area (Å²) >= 11 is 6.09. The molecular formula is C14H13ClF2N2O2. The van der Waals surface area contributed by atoms with Gasteiger partial charge in [0.1, 0.15) is 5.75 Å². The zero-order chi connectivity index (χ0) is 15.6. The summed E-state index contributed by atoms with van der Waals surface area (Å²) in [4.78, 5) is 12.2. The number of aromatic nitrogens is 2. The zero-order valence-corrected chi connectivity index (χ0v) is 12.2. The van der Waals surface area contributed by atoms with Gasteiger partial charge in [-0.05, 0) is 31.2 Å². The van der Waals surface area contributed by atoms with Gasteiger partial charge in [-0.25, -0.2) is 0 Å². The van der Waals surface area contributed by atoms with Crippen LogP contribution in [0.5, 0.6) is 5.75 Å². The van der Waals surface area contributed by atoms with E-state index in [0.717, 1.165) is 0 Å². The van der Waals surface area contributed by atoms with Gasteiger partial charge in [0, 0.05) is 12.6 Å². The molecule has 0 aliphatic rings. The van der Waals surface area contributed by atoms with Gasteiger partial charge < -0.3 is 4.74 Å². The van der Waals surface area contributed by atoms with Crippen molar-refractivity contribution < 1.29 is 18.3 Å². The molecule has 0 saturated heterocycles. The number of ketones is 1. The van der Waals surface area contributed by atoms with E-state index in [4.69, 9.17) is 11.6 Å². The molecule has 0 atom stereocenters. The standard InChI is InChI=1S/C14H13ClF2N2O2/c1-8-13(15)11(19(2)18-8)7-12(20)9-3-5-10(6-4-9)21-14(16)17/h3-6,14H,7H2,1-2H3. The van der Waals surface area contributed by atoms with Crippen molar-refractivity contribution in [1.29, 1.82) is 0 Å². The number of carbonyl (C=O) groups excluding carboxylic acids is 1. The minimum atomic E-state index is -2.89. The number of benzene rings is 1. The van der Waals surface area contributed by atoms with Gasteiger partial charge in [0.15, 0.2) is 5.78 Å². The predicted octanol–water partition coefficient (Wildman–Crippen LogP) is 3.41. The highest BCUT2D eigenvalue weighted by molar-refractivity contribution is 6.32. The Morgan fingerprint density at radius 1 is 1.38 bits per heavy atom. The molecule has 0 N–H and O–H groups in total. The first-order valence-corrected chi connectivity index (χ1v) is 6.52. The fourth-order valence-electron chi connectivity index (χ4n) is 1.95. The lowest BCUT2D eigenvalue weighted by Crippen LogP contribution is -2.08. The van der Waals surface area contributed by atoms with Crippen LogP contribution in [-0.2, 0) is 13.5 Å². The van der Waals surface area contributed by atoms with E-state index in [2.05, 4.69) is 9.84 Å². The minimum Gasteiger partial charge on any atom is -0.435 e. The van der Waals surface area contributed by atoms with Crippen molar-refractivity contribution in [1.82, 2.24) is 9.78 Å². The van der Waals surface area contributed by atoms with E-state index in [-0.39, 0.29) is 18.0 Å². The topological polar surface area (TPSA) is 44.1 Å². The number of carbonyl (C=O) groups is 1. The van der Waals surface area contributed by atoms with E-state index < -0.39 is 6.61 Å². The molecule has 0 fully saturated rings. The Bertz CT molecular complexity index is 654. The van der Waals surface area contributed by atoms with Crippen LogP contribution < -0.4 is 4.74 Å². The molecule has 21 heavy (non-hydrogen) atoms. The number of Topliss-reactive ketones (excluding diaryl/α,β-unsaturated/α-hetero) is 1. The van der Waals surface area contributed by atoms with Gasteiger partial charge in [-0.1, -0.05) is 11.6 Å². The molecule has 0 amide bonds. The quantitative estimate of drug-likeness (QED) is 0.794. The third kappa shape index (κ3) is 3.58. The highest BCUT2D eigenvalue weighted by Crippen LogP contribution is 2.22.